The quantitative estimate of drug-likeness (QED) is 0.665. The number of benzene rings is 1. The van der Waals surface area contributed by atoms with Gasteiger partial charge >= 0.3 is 0 Å². The van der Waals surface area contributed by atoms with Crippen LogP contribution in [0.15, 0.2) is 47.2 Å². The Morgan fingerprint density at radius 1 is 1.20 bits per heavy atom. The predicted octanol–water partition coefficient (Wildman–Crippen LogP) is 4.50. The molecule has 2 heterocycles. The first kappa shape index (κ1) is 17.8. The van der Waals surface area contributed by atoms with Crippen molar-refractivity contribution in [3.63, 3.8) is 0 Å². The molecule has 0 aliphatic rings. The number of thiazole rings is 1. The molecule has 1 amide bonds. The molecule has 0 fully saturated rings. The summed E-state index contributed by atoms with van der Waals surface area (Å²) in [6.45, 7) is 3.08. The van der Waals surface area contributed by atoms with Crippen LogP contribution >= 0.6 is 22.7 Å². The molecule has 3 rings (SSSR count). The summed E-state index contributed by atoms with van der Waals surface area (Å²) < 4.78 is 0. The van der Waals surface area contributed by atoms with Gasteiger partial charge in [-0.15, -0.1) is 22.7 Å². The molecule has 0 atom stereocenters. The first-order chi connectivity index (χ1) is 12.2. The number of carbonyl (C=O) groups is 1. The number of likely N-dealkylation sites (N-methyl/N-ethyl adjacent to an activating group) is 1. The maximum Gasteiger partial charge on any atom is 0.238 e. The smallest absolute Gasteiger partial charge is 0.238 e. The van der Waals surface area contributed by atoms with E-state index in [0.717, 1.165) is 28.4 Å². The Morgan fingerprint density at radius 3 is 2.80 bits per heavy atom. The molecular weight excluding hydrogens is 350 g/mol. The third kappa shape index (κ3) is 4.75. The molecule has 1 N–H and O–H groups in total. The van der Waals surface area contributed by atoms with Crippen molar-refractivity contribution in [2.75, 3.05) is 18.9 Å². The number of nitrogens with one attached hydrogen (secondary N) is 1. The molecule has 3 aromatic rings. The Bertz CT molecular complexity index is 827. The minimum Gasteiger partial charge on any atom is -0.325 e. The highest BCUT2D eigenvalue weighted by Crippen LogP contribution is 2.28. The highest BCUT2D eigenvalue weighted by atomic mass is 32.1. The van der Waals surface area contributed by atoms with Crippen LogP contribution in [0.2, 0.25) is 0 Å². The molecule has 0 bridgehead atoms. The maximum absolute atomic E-state index is 12.3. The van der Waals surface area contributed by atoms with Crippen molar-refractivity contribution in [2.45, 2.75) is 19.9 Å². The van der Waals surface area contributed by atoms with Crippen LogP contribution in [0.1, 0.15) is 18.2 Å². The fourth-order valence-corrected chi connectivity index (χ4v) is 4.24. The lowest BCUT2D eigenvalue weighted by atomic mass is 10.1. The molecule has 0 saturated heterocycles. The Labute approximate surface area is 156 Å². The van der Waals surface area contributed by atoms with Gasteiger partial charge in [0.2, 0.25) is 5.91 Å². The second-order valence-corrected chi connectivity index (χ2v) is 7.66. The van der Waals surface area contributed by atoms with Gasteiger partial charge in [0.25, 0.3) is 0 Å². The Hall–Kier alpha value is -2.02. The van der Waals surface area contributed by atoms with Crippen molar-refractivity contribution in [1.29, 1.82) is 0 Å². The van der Waals surface area contributed by atoms with Crippen LogP contribution in [-0.2, 0) is 17.8 Å². The normalized spacial score (nSPS) is 11.0. The maximum atomic E-state index is 12.3. The predicted molar refractivity (Wildman–Crippen MR) is 106 cm³/mol. The lowest BCUT2D eigenvalue weighted by Crippen LogP contribution is -2.30. The molecule has 1 aromatic carbocycles. The van der Waals surface area contributed by atoms with E-state index in [-0.39, 0.29) is 5.91 Å². The fraction of sp³-hybridized carbons (Fsp3) is 0.263. The number of hydrogen-bond acceptors (Lipinski definition) is 5. The van der Waals surface area contributed by atoms with Crippen LogP contribution in [0.5, 0.6) is 0 Å². The molecule has 0 radical (unpaired) electrons. The number of nitrogens with zero attached hydrogens (tertiary/aromatic N) is 2. The van der Waals surface area contributed by atoms with E-state index in [2.05, 4.69) is 34.1 Å². The Morgan fingerprint density at radius 2 is 2.04 bits per heavy atom. The third-order valence-corrected chi connectivity index (χ3v) is 5.73. The number of hydrogen-bond donors (Lipinski definition) is 1. The van der Waals surface area contributed by atoms with Crippen LogP contribution < -0.4 is 5.32 Å². The van der Waals surface area contributed by atoms with Crippen molar-refractivity contribution < 1.29 is 4.79 Å². The van der Waals surface area contributed by atoms with E-state index in [0.29, 0.717) is 13.1 Å². The monoisotopic (exact) mass is 371 g/mol. The van der Waals surface area contributed by atoms with Gasteiger partial charge in [-0.05, 0) is 36.5 Å². The third-order valence-electron chi connectivity index (χ3n) is 3.80. The van der Waals surface area contributed by atoms with Crippen molar-refractivity contribution in [1.82, 2.24) is 9.88 Å². The second kappa shape index (κ2) is 8.38. The summed E-state index contributed by atoms with van der Waals surface area (Å²) in [6, 6.07) is 12.0. The standard InChI is InChI=1S/C19H21N3OS2/c1-3-14-7-4-5-8-16(14)21-18(23)12-22(2)11-15-13-25-19(20-15)17-9-6-10-24-17/h4-10,13H,3,11-12H2,1-2H3,(H,21,23). The van der Waals surface area contributed by atoms with Crippen LogP contribution in [0.3, 0.4) is 0 Å². The molecule has 6 heteroatoms. The first-order valence-electron chi connectivity index (χ1n) is 8.20. The molecule has 0 aliphatic heterocycles. The molecule has 130 valence electrons. The number of amides is 1. The van der Waals surface area contributed by atoms with Gasteiger partial charge in [0.05, 0.1) is 17.1 Å². The largest absolute Gasteiger partial charge is 0.325 e. The number of aryl methyl sites for hydroxylation is 1. The highest BCUT2D eigenvalue weighted by molar-refractivity contribution is 7.20. The molecule has 25 heavy (non-hydrogen) atoms. The highest BCUT2D eigenvalue weighted by Gasteiger charge is 2.12. The van der Waals surface area contributed by atoms with E-state index in [1.165, 1.54) is 4.88 Å². The van der Waals surface area contributed by atoms with Gasteiger partial charge in [0.15, 0.2) is 0 Å². The van der Waals surface area contributed by atoms with Crippen molar-refractivity contribution in [3.05, 3.63) is 58.4 Å². The number of carbonyl (C=O) groups excluding carboxylic acids is 1. The van der Waals surface area contributed by atoms with Gasteiger partial charge in [0.1, 0.15) is 5.01 Å². The van der Waals surface area contributed by atoms with Gasteiger partial charge in [-0.2, -0.15) is 0 Å². The van der Waals surface area contributed by atoms with E-state index in [4.69, 9.17) is 0 Å². The topological polar surface area (TPSA) is 45.2 Å². The van der Waals surface area contributed by atoms with Crippen LogP contribution in [0.25, 0.3) is 9.88 Å². The number of para-hydroxylation sites is 1. The minimum atomic E-state index is -0.00268. The average molecular weight is 372 g/mol. The van der Waals surface area contributed by atoms with E-state index in [1.54, 1.807) is 22.7 Å². The molecule has 0 aliphatic carbocycles. The minimum absolute atomic E-state index is 0.00268. The molecule has 0 unspecified atom stereocenters. The van der Waals surface area contributed by atoms with Crippen molar-refractivity contribution in [3.8, 4) is 9.88 Å². The number of rotatable bonds is 7. The zero-order valence-corrected chi connectivity index (χ0v) is 16.0. The van der Waals surface area contributed by atoms with Crippen molar-refractivity contribution in [2.24, 2.45) is 0 Å². The van der Waals surface area contributed by atoms with Gasteiger partial charge < -0.3 is 5.32 Å². The van der Waals surface area contributed by atoms with Crippen molar-refractivity contribution >= 4 is 34.3 Å². The zero-order chi connectivity index (χ0) is 17.6. The Balaban J connectivity index is 1.55. The summed E-state index contributed by atoms with van der Waals surface area (Å²) in [7, 11) is 1.94. The van der Waals surface area contributed by atoms with E-state index in [9.17, 15) is 4.79 Å². The van der Waals surface area contributed by atoms with Gasteiger partial charge in [-0.25, -0.2) is 4.98 Å². The second-order valence-electron chi connectivity index (χ2n) is 5.85. The van der Waals surface area contributed by atoms with Crippen LogP contribution in [-0.4, -0.2) is 29.4 Å². The number of aromatic nitrogens is 1. The molecule has 0 spiro atoms. The summed E-state index contributed by atoms with van der Waals surface area (Å²) in [5, 5.41) is 8.17. The zero-order valence-electron chi connectivity index (χ0n) is 14.4. The SMILES string of the molecule is CCc1ccccc1NC(=O)CN(C)Cc1csc(-c2cccs2)n1. The summed E-state index contributed by atoms with van der Waals surface area (Å²) in [5.41, 5.74) is 3.05. The molecule has 2 aromatic heterocycles. The average Bonchev–Trinajstić information content (AvgIpc) is 3.26. The van der Waals surface area contributed by atoms with E-state index < -0.39 is 0 Å². The fourth-order valence-electron chi connectivity index (χ4n) is 2.61. The lowest BCUT2D eigenvalue weighted by Gasteiger charge is -2.16. The van der Waals surface area contributed by atoms with Crippen LogP contribution in [0.4, 0.5) is 5.69 Å². The first-order valence-corrected chi connectivity index (χ1v) is 9.96. The summed E-state index contributed by atoms with van der Waals surface area (Å²) in [4.78, 5) is 20.1. The molecule has 0 saturated carbocycles. The van der Waals surface area contributed by atoms with Gasteiger partial charge in [-0.3, -0.25) is 9.69 Å². The van der Waals surface area contributed by atoms with Crippen LogP contribution in [0, 0.1) is 0 Å². The lowest BCUT2D eigenvalue weighted by molar-refractivity contribution is -0.117. The number of anilines is 1. The summed E-state index contributed by atoms with van der Waals surface area (Å²) >= 11 is 3.34. The summed E-state index contributed by atoms with van der Waals surface area (Å²) in [6.07, 6.45) is 0.899. The molecular formula is C19H21N3OS2. The Kier molecular flexibility index (Phi) is 5.96. The van der Waals surface area contributed by atoms with Gasteiger partial charge in [0, 0.05) is 17.6 Å². The van der Waals surface area contributed by atoms with E-state index >= 15 is 0 Å². The summed E-state index contributed by atoms with van der Waals surface area (Å²) in [5.74, 6) is -0.00268. The van der Waals surface area contributed by atoms with E-state index in [1.807, 2.05) is 42.3 Å². The number of thiophene rings is 1. The molecule has 4 nitrogen and oxygen atoms in total. The van der Waals surface area contributed by atoms with Gasteiger partial charge in [-0.1, -0.05) is 31.2 Å².